The zero-order valence-corrected chi connectivity index (χ0v) is 20.6. The van der Waals surface area contributed by atoms with Gasteiger partial charge in [-0.1, -0.05) is 61.0 Å². The number of piperazine rings is 1. The normalized spacial score (nSPS) is 16.1. The largest absolute Gasteiger partial charge is 0.479 e. The highest BCUT2D eigenvalue weighted by atomic mass is 16.5. The smallest absolute Gasteiger partial charge is 0.264 e. The van der Waals surface area contributed by atoms with E-state index in [4.69, 9.17) is 9.26 Å². The van der Waals surface area contributed by atoms with E-state index in [0.717, 1.165) is 5.56 Å². The van der Waals surface area contributed by atoms with Crippen LogP contribution in [0, 0.1) is 24.2 Å². The molecule has 35 heavy (non-hydrogen) atoms. The van der Waals surface area contributed by atoms with Crippen molar-refractivity contribution in [1.29, 1.82) is 5.26 Å². The van der Waals surface area contributed by atoms with Crippen LogP contribution < -0.4 is 4.74 Å². The number of aromatic nitrogens is 2. The molecule has 8 heteroatoms. The predicted octanol–water partition coefficient (Wildman–Crippen LogP) is 4.23. The van der Waals surface area contributed by atoms with Crippen molar-refractivity contribution >= 4 is 5.91 Å². The highest BCUT2D eigenvalue weighted by Crippen LogP contribution is 2.25. The number of ether oxygens (including phenoxy) is 1. The lowest BCUT2D eigenvalue weighted by Gasteiger charge is -2.38. The van der Waals surface area contributed by atoms with Gasteiger partial charge in [-0.3, -0.25) is 9.69 Å². The second kappa shape index (κ2) is 10.7. The van der Waals surface area contributed by atoms with Crippen LogP contribution in [0.3, 0.4) is 0 Å². The number of carbonyl (C=O) groups excluding carboxylic acids is 1. The molecule has 8 nitrogen and oxygen atoms in total. The van der Waals surface area contributed by atoms with E-state index in [1.54, 1.807) is 24.3 Å². The lowest BCUT2D eigenvalue weighted by atomic mass is 10.0. The molecule has 1 fully saturated rings. The van der Waals surface area contributed by atoms with Crippen LogP contribution in [0.1, 0.15) is 43.8 Å². The van der Waals surface area contributed by atoms with E-state index in [1.807, 2.05) is 56.9 Å². The Morgan fingerprint density at radius 1 is 1.06 bits per heavy atom. The van der Waals surface area contributed by atoms with E-state index < -0.39 is 6.10 Å². The molecule has 0 aliphatic carbocycles. The van der Waals surface area contributed by atoms with Gasteiger partial charge in [-0.2, -0.15) is 10.2 Å². The first-order valence-corrected chi connectivity index (χ1v) is 12.0. The van der Waals surface area contributed by atoms with E-state index in [0.29, 0.717) is 49.2 Å². The molecule has 3 aromatic rings. The highest BCUT2D eigenvalue weighted by Gasteiger charge is 2.33. The number of hydrogen-bond donors (Lipinski definition) is 0. The highest BCUT2D eigenvalue weighted by molar-refractivity contribution is 5.81. The third-order valence-electron chi connectivity index (χ3n) is 6.39. The molecule has 4 rings (SSSR count). The summed E-state index contributed by atoms with van der Waals surface area (Å²) >= 11 is 0. The molecule has 0 bridgehead atoms. The molecule has 2 unspecified atom stereocenters. The van der Waals surface area contributed by atoms with Gasteiger partial charge in [0.05, 0.1) is 11.6 Å². The summed E-state index contributed by atoms with van der Waals surface area (Å²) in [4.78, 5) is 22.0. The van der Waals surface area contributed by atoms with Gasteiger partial charge >= 0.3 is 0 Å². The molecule has 0 N–H and O–H groups in total. The van der Waals surface area contributed by atoms with Crippen LogP contribution in [0.2, 0.25) is 0 Å². The fourth-order valence-electron chi connectivity index (χ4n) is 4.16. The average Bonchev–Trinajstić information content (AvgIpc) is 3.37. The van der Waals surface area contributed by atoms with Gasteiger partial charge in [0.1, 0.15) is 11.8 Å². The predicted molar refractivity (Wildman–Crippen MR) is 131 cm³/mol. The van der Waals surface area contributed by atoms with Crippen molar-refractivity contribution in [3.8, 4) is 23.2 Å². The van der Waals surface area contributed by atoms with Crippen LogP contribution >= 0.6 is 0 Å². The third-order valence-corrected chi connectivity index (χ3v) is 6.39. The van der Waals surface area contributed by atoms with Gasteiger partial charge in [-0.25, -0.2) is 0 Å². The van der Waals surface area contributed by atoms with Crippen molar-refractivity contribution in [3.63, 3.8) is 0 Å². The number of para-hydroxylation sites is 1. The Hall–Kier alpha value is -3.70. The van der Waals surface area contributed by atoms with Crippen molar-refractivity contribution in [2.24, 2.45) is 5.92 Å². The van der Waals surface area contributed by atoms with E-state index >= 15 is 0 Å². The van der Waals surface area contributed by atoms with Gasteiger partial charge in [0, 0.05) is 31.7 Å². The zero-order valence-electron chi connectivity index (χ0n) is 20.6. The third kappa shape index (κ3) is 5.52. The quantitative estimate of drug-likeness (QED) is 0.507. The number of carbonyl (C=O) groups is 1. The maximum atomic E-state index is 13.3. The lowest BCUT2D eigenvalue weighted by Crippen LogP contribution is -2.53. The van der Waals surface area contributed by atoms with Gasteiger partial charge in [0.2, 0.25) is 11.7 Å². The van der Waals surface area contributed by atoms with Crippen molar-refractivity contribution in [3.05, 3.63) is 65.5 Å². The fraction of sp³-hybridized carbons (Fsp3) is 0.407. The van der Waals surface area contributed by atoms with Crippen molar-refractivity contribution in [1.82, 2.24) is 19.9 Å². The van der Waals surface area contributed by atoms with Gasteiger partial charge < -0.3 is 14.2 Å². The molecule has 0 spiro atoms. The topological polar surface area (TPSA) is 95.5 Å². The first kappa shape index (κ1) is 24.4. The molecule has 1 aromatic heterocycles. The second-order valence-corrected chi connectivity index (χ2v) is 9.25. The summed E-state index contributed by atoms with van der Waals surface area (Å²) in [5.74, 6) is 1.49. The Morgan fingerprint density at radius 3 is 2.40 bits per heavy atom. The summed E-state index contributed by atoms with van der Waals surface area (Å²) in [6.07, 6.45) is -0.651. The minimum absolute atomic E-state index is 0.0372. The van der Waals surface area contributed by atoms with Crippen molar-refractivity contribution in [2.75, 3.05) is 26.2 Å². The standard InChI is InChI=1S/C27H31N5O3/c1-18(2)24(34-23-8-6-5-7-22(23)17-28)27(33)32-15-13-31(14-16-32)20(4)26-29-25(30-35-26)21-11-9-19(3)10-12-21/h5-12,18,20,24H,13-16H2,1-4H3. The number of nitrogens with zero attached hydrogens (tertiary/aromatic N) is 5. The Morgan fingerprint density at radius 2 is 1.74 bits per heavy atom. The molecule has 1 aliphatic heterocycles. The molecule has 2 heterocycles. The molecule has 0 radical (unpaired) electrons. The van der Waals surface area contributed by atoms with E-state index in [1.165, 1.54) is 5.56 Å². The van der Waals surface area contributed by atoms with Gasteiger partial charge in [0.15, 0.2) is 6.10 Å². The number of rotatable bonds is 7. The van der Waals surface area contributed by atoms with E-state index in [9.17, 15) is 10.1 Å². The first-order valence-electron chi connectivity index (χ1n) is 12.0. The zero-order chi connectivity index (χ0) is 24.9. The Balaban J connectivity index is 1.38. The van der Waals surface area contributed by atoms with Crippen LogP contribution in [0.15, 0.2) is 53.1 Å². The van der Waals surface area contributed by atoms with Crippen molar-refractivity contribution < 1.29 is 14.1 Å². The minimum Gasteiger partial charge on any atom is -0.479 e. The van der Waals surface area contributed by atoms with E-state index in [2.05, 4.69) is 21.1 Å². The maximum Gasteiger partial charge on any atom is 0.264 e. The molecule has 1 amide bonds. The fourth-order valence-corrected chi connectivity index (χ4v) is 4.16. The average molecular weight is 474 g/mol. The summed E-state index contributed by atoms with van der Waals surface area (Å²) in [5, 5.41) is 13.5. The number of aryl methyl sites for hydroxylation is 1. The van der Waals surface area contributed by atoms with Crippen LogP contribution in [0.25, 0.3) is 11.4 Å². The summed E-state index contributed by atoms with van der Waals surface area (Å²) in [6, 6.07) is 17.1. The molecular formula is C27H31N5O3. The van der Waals surface area contributed by atoms with Gasteiger partial charge in [0.25, 0.3) is 5.91 Å². The summed E-state index contributed by atoms with van der Waals surface area (Å²) in [7, 11) is 0. The van der Waals surface area contributed by atoms with Crippen LogP contribution in [-0.4, -0.2) is 58.1 Å². The number of nitriles is 1. The Bertz CT molecular complexity index is 1190. The minimum atomic E-state index is -0.651. The van der Waals surface area contributed by atoms with Crippen LogP contribution in [0.5, 0.6) is 5.75 Å². The molecule has 182 valence electrons. The van der Waals surface area contributed by atoms with Crippen molar-refractivity contribution in [2.45, 2.75) is 39.8 Å². The first-order chi connectivity index (χ1) is 16.9. The number of benzene rings is 2. The number of amides is 1. The summed E-state index contributed by atoms with van der Waals surface area (Å²) in [6.45, 7) is 10.5. The SMILES string of the molecule is Cc1ccc(-c2noc(C(C)N3CCN(C(=O)C(Oc4ccccc4C#N)C(C)C)CC3)n2)cc1. The monoisotopic (exact) mass is 473 g/mol. The molecule has 2 aromatic carbocycles. The van der Waals surface area contributed by atoms with Gasteiger partial charge in [-0.05, 0) is 31.9 Å². The van der Waals surface area contributed by atoms with Gasteiger partial charge in [-0.15, -0.1) is 0 Å². The van der Waals surface area contributed by atoms with E-state index in [-0.39, 0.29) is 17.9 Å². The van der Waals surface area contributed by atoms with Crippen LogP contribution in [0.4, 0.5) is 0 Å². The van der Waals surface area contributed by atoms with Crippen LogP contribution in [-0.2, 0) is 4.79 Å². The molecule has 0 saturated carbocycles. The summed E-state index contributed by atoms with van der Waals surface area (Å²) < 4.78 is 11.6. The number of hydrogen-bond acceptors (Lipinski definition) is 7. The lowest BCUT2D eigenvalue weighted by molar-refractivity contribution is -0.142. The Labute approximate surface area is 206 Å². The summed E-state index contributed by atoms with van der Waals surface area (Å²) in [5.41, 5.74) is 2.53. The molecular weight excluding hydrogens is 442 g/mol. The molecule has 1 aliphatic rings. The molecule has 1 saturated heterocycles. The molecule has 2 atom stereocenters. The maximum absolute atomic E-state index is 13.3. The Kier molecular flexibility index (Phi) is 7.47. The second-order valence-electron chi connectivity index (χ2n) is 9.25.